The third kappa shape index (κ3) is 2.31. The molecule has 0 saturated carbocycles. The second-order valence-electron chi connectivity index (χ2n) is 4.06. The van der Waals surface area contributed by atoms with E-state index in [4.69, 9.17) is 0 Å². The maximum absolute atomic E-state index is 4.67. The second-order valence-corrected chi connectivity index (χ2v) is 5.80. The van der Waals surface area contributed by atoms with Gasteiger partial charge in [-0.15, -0.1) is 22.7 Å². The van der Waals surface area contributed by atoms with Gasteiger partial charge in [-0.2, -0.15) is 0 Å². The van der Waals surface area contributed by atoms with E-state index in [-0.39, 0.29) is 5.54 Å². The van der Waals surface area contributed by atoms with Crippen molar-refractivity contribution in [3.05, 3.63) is 22.8 Å². The molecule has 0 unspecified atom stereocenters. The molecule has 2 aromatic rings. The molecule has 0 fully saturated rings. The molecule has 5 heteroatoms. The van der Waals surface area contributed by atoms with Gasteiger partial charge in [-0.05, 0) is 20.4 Å². The first-order valence-corrected chi connectivity index (χ1v) is 6.99. The minimum Gasteiger partial charge on any atom is -0.307 e. The summed E-state index contributed by atoms with van der Waals surface area (Å²) < 4.78 is 0. The predicted octanol–water partition coefficient (Wildman–Crippen LogP) is 3.11. The van der Waals surface area contributed by atoms with Crippen LogP contribution in [0.1, 0.15) is 26.5 Å². The monoisotopic (exact) mass is 253 g/mol. The summed E-state index contributed by atoms with van der Waals surface area (Å²) in [6, 6.07) is 0. The Balaban J connectivity index is 2.26. The minimum absolute atomic E-state index is 0.0613. The lowest BCUT2D eigenvalue weighted by atomic mass is 10.0. The summed E-state index contributed by atoms with van der Waals surface area (Å²) in [5, 5.41) is 6.61. The topological polar surface area (TPSA) is 37.8 Å². The number of hydrogen-bond donors (Lipinski definition) is 1. The van der Waals surface area contributed by atoms with Crippen molar-refractivity contribution in [2.75, 3.05) is 6.54 Å². The van der Waals surface area contributed by atoms with E-state index in [1.807, 2.05) is 11.7 Å². The maximum atomic E-state index is 4.67. The fourth-order valence-corrected chi connectivity index (χ4v) is 3.21. The van der Waals surface area contributed by atoms with Crippen LogP contribution in [-0.4, -0.2) is 16.5 Å². The molecule has 2 heterocycles. The predicted molar refractivity (Wildman–Crippen MR) is 69.9 cm³/mol. The summed E-state index contributed by atoms with van der Waals surface area (Å²) in [5.41, 5.74) is 2.88. The van der Waals surface area contributed by atoms with Crippen LogP contribution in [0, 0.1) is 0 Å². The molecule has 0 aliphatic heterocycles. The average molecular weight is 253 g/mol. The van der Waals surface area contributed by atoms with Crippen LogP contribution in [0.4, 0.5) is 0 Å². The molecule has 16 heavy (non-hydrogen) atoms. The molecule has 0 bridgehead atoms. The molecule has 0 saturated heterocycles. The molecule has 0 aliphatic rings. The molecule has 3 nitrogen and oxygen atoms in total. The largest absolute Gasteiger partial charge is 0.307 e. The standard InChI is InChI=1S/C11H15N3S2/c1-4-13-11(2,3)9-6-15-10(14-9)8-5-12-7-16-8/h5-7,13H,4H2,1-3H3. The Bertz CT molecular complexity index is 446. The van der Waals surface area contributed by atoms with Gasteiger partial charge in [-0.3, -0.25) is 4.98 Å². The zero-order valence-corrected chi connectivity index (χ0v) is 11.3. The molecule has 2 aromatic heterocycles. The van der Waals surface area contributed by atoms with E-state index < -0.39 is 0 Å². The Kier molecular flexibility index (Phi) is 3.37. The van der Waals surface area contributed by atoms with Crippen LogP contribution in [0.2, 0.25) is 0 Å². The van der Waals surface area contributed by atoms with Gasteiger partial charge in [-0.1, -0.05) is 6.92 Å². The van der Waals surface area contributed by atoms with E-state index in [0.29, 0.717) is 0 Å². The lowest BCUT2D eigenvalue weighted by Crippen LogP contribution is -2.36. The number of rotatable bonds is 4. The van der Waals surface area contributed by atoms with E-state index in [9.17, 15) is 0 Å². The molecular weight excluding hydrogens is 238 g/mol. The molecular formula is C11H15N3S2. The fraction of sp³-hybridized carbons (Fsp3) is 0.455. The van der Waals surface area contributed by atoms with Crippen molar-refractivity contribution in [1.82, 2.24) is 15.3 Å². The van der Waals surface area contributed by atoms with Gasteiger partial charge >= 0.3 is 0 Å². The Morgan fingerprint density at radius 3 is 2.81 bits per heavy atom. The van der Waals surface area contributed by atoms with Gasteiger partial charge in [0.05, 0.1) is 21.6 Å². The molecule has 0 aromatic carbocycles. The molecule has 0 amide bonds. The first-order chi connectivity index (χ1) is 7.63. The molecule has 0 radical (unpaired) electrons. The molecule has 0 aliphatic carbocycles. The van der Waals surface area contributed by atoms with Gasteiger partial charge in [0.15, 0.2) is 0 Å². The van der Waals surface area contributed by atoms with Crippen LogP contribution in [0.5, 0.6) is 0 Å². The highest BCUT2D eigenvalue weighted by Crippen LogP contribution is 2.30. The minimum atomic E-state index is -0.0613. The highest BCUT2D eigenvalue weighted by Gasteiger charge is 2.22. The quantitative estimate of drug-likeness (QED) is 0.909. The Morgan fingerprint density at radius 2 is 2.19 bits per heavy atom. The number of hydrogen-bond acceptors (Lipinski definition) is 5. The molecule has 86 valence electrons. The summed E-state index contributed by atoms with van der Waals surface area (Å²) in [6.07, 6.45) is 1.87. The summed E-state index contributed by atoms with van der Waals surface area (Å²) in [7, 11) is 0. The van der Waals surface area contributed by atoms with E-state index in [0.717, 1.165) is 22.1 Å². The van der Waals surface area contributed by atoms with Gasteiger partial charge < -0.3 is 5.32 Å². The van der Waals surface area contributed by atoms with Crippen LogP contribution in [0.3, 0.4) is 0 Å². The third-order valence-electron chi connectivity index (χ3n) is 2.41. The van der Waals surface area contributed by atoms with E-state index in [1.54, 1.807) is 22.7 Å². The molecule has 0 spiro atoms. The third-order valence-corrected chi connectivity index (χ3v) is 4.19. The van der Waals surface area contributed by atoms with Crippen LogP contribution in [0.25, 0.3) is 9.88 Å². The lowest BCUT2D eigenvalue weighted by molar-refractivity contribution is 0.406. The van der Waals surface area contributed by atoms with Crippen LogP contribution in [-0.2, 0) is 5.54 Å². The summed E-state index contributed by atoms with van der Waals surface area (Å²) in [6.45, 7) is 7.36. The van der Waals surface area contributed by atoms with Crippen molar-refractivity contribution < 1.29 is 0 Å². The highest BCUT2D eigenvalue weighted by molar-refractivity contribution is 7.19. The maximum Gasteiger partial charge on any atom is 0.135 e. The van der Waals surface area contributed by atoms with Crippen LogP contribution >= 0.6 is 22.7 Å². The van der Waals surface area contributed by atoms with Crippen LogP contribution < -0.4 is 5.32 Å². The lowest BCUT2D eigenvalue weighted by Gasteiger charge is -2.23. The molecule has 1 N–H and O–H groups in total. The van der Waals surface area contributed by atoms with Gasteiger partial charge in [-0.25, -0.2) is 4.98 Å². The van der Waals surface area contributed by atoms with Crippen molar-refractivity contribution in [1.29, 1.82) is 0 Å². The zero-order valence-electron chi connectivity index (χ0n) is 9.65. The van der Waals surface area contributed by atoms with Crippen molar-refractivity contribution in [3.63, 3.8) is 0 Å². The average Bonchev–Trinajstić information content (AvgIpc) is 2.89. The number of thiazole rings is 2. The highest BCUT2D eigenvalue weighted by atomic mass is 32.1. The summed E-state index contributed by atoms with van der Waals surface area (Å²) in [4.78, 5) is 9.89. The van der Waals surface area contributed by atoms with Crippen molar-refractivity contribution in [3.8, 4) is 9.88 Å². The fourth-order valence-electron chi connectivity index (χ4n) is 1.53. The molecule has 2 rings (SSSR count). The van der Waals surface area contributed by atoms with E-state index >= 15 is 0 Å². The Hall–Kier alpha value is -0.780. The van der Waals surface area contributed by atoms with E-state index in [2.05, 4.69) is 41.4 Å². The van der Waals surface area contributed by atoms with Crippen molar-refractivity contribution in [2.45, 2.75) is 26.3 Å². The first kappa shape index (κ1) is 11.7. The van der Waals surface area contributed by atoms with Crippen molar-refractivity contribution >= 4 is 22.7 Å². The summed E-state index contributed by atoms with van der Waals surface area (Å²) in [5.74, 6) is 0. The van der Waals surface area contributed by atoms with Gasteiger partial charge in [0.2, 0.25) is 0 Å². The van der Waals surface area contributed by atoms with Crippen molar-refractivity contribution in [2.24, 2.45) is 0 Å². The smallest absolute Gasteiger partial charge is 0.135 e. The van der Waals surface area contributed by atoms with Gasteiger partial charge in [0.25, 0.3) is 0 Å². The Labute approximate surface area is 104 Å². The first-order valence-electron chi connectivity index (χ1n) is 5.23. The van der Waals surface area contributed by atoms with Gasteiger partial charge in [0.1, 0.15) is 5.01 Å². The number of aromatic nitrogens is 2. The van der Waals surface area contributed by atoms with Gasteiger partial charge in [0, 0.05) is 11.6 Å². The number of nitrogens with one attached hydrogen (secondary N) is 1. The summed E-state index contributed by atoms with van der Waals surface area (Å²) >= 11 is 3.31. The van der Waals surface area contributed by atoms with Crippen LogP contribution in [0.15, 0.2) is 17.1 Å². The normalized spacial score (nSPS) is 11.9. The molecule has 0 atom stereocenters. The zero-order chi connectivity index (χ0) is 11.6. The van der Waals surface area contributed by atoms with E-state index in [1.165, 1.54) is 0 Å². The second kappa shape index (κ2) is 4.61. The number of nitrogens with zero attached hydrogens (tertiary/aromatic N) is 2. The Morgan fingerprint density at radius 1 is 1.38 bits per heavy atom. The SMILES string of the molecule is CCNC(C)(C)c1csc(-c2cncs2)n1.